The van der Waals surface area contributed by atoms with Gasteiger partial charge in [-0.15, -0.1) is 0 Å². The molecule has 0 spiro atoms. The molecule has 31 heavy (non-hydrogen) atoms. The highest BCUT2D eigenvalue weighted by Crippen LogP contribution is 2.29. The summed E-state index contributed by atoms with van der Waals surface area (Å²) in [6.45, 7) is 6.95. The Kier molecular flexibility index (Phi) is 5.43. The van der Waals surface area contributed by atoms with Crippen molar-refractivity contribution in [3.63, 3.8) is 0 Å². The minimum atomic E-state index is 0.00173. The molecule has 3 aromatic heterocycles. The Hall–Kier alpha value is -2.81. The fraction of sp³-hybridized carbons (Fsp3) is 0.591. The van der Waals surface area contributed by atoms with Crippen LogP contribution in [0.25, 0.3) is 11.2 Å². The topological polar surface area (TPSA) is 99.2 Å². The molecular formula is C22H28N6O3. The van der Waals surface area contributed by atoms with Crippen LogP contribution in [-0.4, -0.2) is 61.8 Å². The molecule has 2 aliphatic rings. The van der Waals surface area contributed by atoms with E-state index in [2.05, 4.69) is 24.7 Å². The Morgan fingerprint density at radius 1 is 1.13 bits per heavy atom. The van der Waals surface area contributed by atoms with Crippen molar-refractivity contribution in [2.45, 2.75) is 57.4 Å². The van der Waals surface area contributed by atoms with E-state index in [-0.39, 0.29) is 17.7 Å². The first-order valence-electron chi connectivity index (χ1n) is 11.1. The number of imidazole rings is 1. The Balaban J connectivity index is 1.26. The smallest absolute Gasteiger partial charge is 0.255 e. The normalized spacial score (nSPS) is 18.9. The van der Waals surface area contributed by atoms with Crippen LogP contribution < -0.4 is 0 Å². The largest absolute Gasteiger partial charge is 0.381 e. The van der Waals surface area contributed by atoms with Crippen LogP contribution in [0.15, 0.2) is 23.1 Å². The highest BCUT2D eigenvalue weighted by atomic mass is 16.5. The van der Waals surface area contributed by atoms with Crippen LogP contribution in [0.2, 0.25) is 0 Å². The lowest BCUT2D eigenvalue weighted by Crippen LogP contribution is -2.38. The van der Waals surface area contributed by atoms with E-state index in [4.69, 9.17) is 9.26 Å². The number of likely N-dealkylation sites (tertiary alicyclic amines) is 1. The molecule has 0 aliphatic carbocycles. The molecule has 5 rings (SSSR count). The number of hydrogen-bond donors (Lipinski definition) is 0. The number of carbonyl (C=O) groups is 1. The first-order chi connectivity index (χ1) is 15.1. The maximum Gasteiger partial charge on any atom is 0.255 e. The lowest BCUT2D eigenvalue weighted by atomic mass is 9.96. The molecule has 0 unspecified atom stereocenters. The molecule has 1 amide bonds. The van der Waals surface area contributed by atoms with Gasteiger partial charge in [0.1, 0.15) is 5.52 Å². The van der Waals surface area contributed by atoms with Crippen LogP contribution in [0, 0.1) is 0 Å². The van der Waals surface area contributed by atoms with Gasteiger partial charge in [-0.1, -0.05) is 19.0 Å². The Morgan fingerprint density at radius 3 is 2.61 bits per heavy atom. The molecular weight excluding hydrogens is 396 g/mol. The molecule has 0 atom stereocenters. The van der Waals surface area contributed by atoms with Crippen LogP contribution in [-0.2, 0) is 4.74 Å². The summed E-state index contributed by atoms with van der Waals surface area (Å²) in [5.74, 6) is 1.89. The fourth-order valence-corrected chi connectivity index (χ4v) is 4.43. The van der Waals surface area contributed by atoms with Crippen molar-refractivity contribution in [2.75, 3.05) is 26.3 Å². The quantitative estimate of drug-likeness (QED) is 0.633. The SMILES string of the molecule is CC(C)c1noc(C2CCN(C(=O)c3cnc4c(c3)ncn4C3CCOCC3)CC2)n1. The van der Waals surface area contributed by atoms with E-state index >= 15 is 0 Å². The standard InChI is InChI=1S/C22H28N6O3/c1-14(2)19-25-21(31-26-19)15-3-7-27(8-4-15)22(29)16-11-18-20(23-12-16)28(13-24-18)17-5-9-30-10-6-17/h11-15,17H,3-10H2,1-2H3. The number of rotatable bonds is 4. The summed E-state index contributed by atoms with van der Waals surface area (Å²) in [5.41, 5.74) is 2.18. The van der Waals surface area contributed by atoms with Crippen molar-refractivity contribution in [3.8, 4) is 0 Å². The van der Waals surface area contributed by atoms with E-state index in [1.807, 2.05) is 31.1 Å². The third kappa shape index (κ3) is 3.94. The van der Waals surface area contributed by atoms with Gasteiger partial charge in [0, 0.05) is 50.4 Å². The minimum Gasteiger partial charge on any atom is -0.381 e. The third-order valence-electron chi connectivity index (χ3n) is 6.35. The summed E-state index contributed by atoms with van der Waals surface area (Å²) < 4.78 is 13.0. The molecule has 9 heteroatoms. The van der Waals surface area contributed by atoms with Crippen LogP contribution in [0.3, 0.4) is 0 Å². The van der Waals surface area contributed by atoms with Crippen LogP contribution in [0.5, 0.6) is 0 Å². The first kappa shape index (κ1) is 20.1. The average molecular weight is 425 g/mol. The summed E-state index contributed by atoms with van der Waals surface area (Å²) in [6.07, 6.45) is 7.08. The number of nitrogens with zero attached hydrogens (tertiary/aromatic N) is 6. The van der Waals surface area contributed by atoms with E-state index in [0.717, 1.165) is 55.9 Å². The zero-order chi connectivity index (χ0) is 21.4. The first-order valence-corrected chi connectivity index (χ1v) is 11.1. The van der Waals surface area contributed by atoms with E-state index < -0.39 is 0 Å². The van der Waals surface area contributed by atoms with Gasteiger partial charge >= 0.3 is 0 Å². The number of fused-ring (bicyclic) bond motifs is 1. The molecule has 0 saturated carbocycles. The van der Waals surface area contributed by atoms with Gasteiger partial charge in [-0.25, -0.2) is 9.97 Å². The van der Waals surface area contributed by atoms with Crippen LogP contribution in [0.1, 0.15) is 79.5 Å². The molecule has 5 heterocycles. The van der Waals surface area contributed by atoms with Crippen LogP contribution >= 0.6 is 0 Å². The van der Waals surface area contributed by atoms with Gasteiger partial charge in [0.05, 0.1) is 11.9 Å². The molecule has 3 aromatic rings. The molecule has 0 bridgehead atoms. The molecule has 9 nitrogen and oxygen atoms in total. The Labute approximate surface area is 180 Å². The zero-order valence-corrected chi connectivity index (χ0v) is 18.0. The highest BCUT2D eigenvalue weighted by molar-refractivity contribution is 5.96. The number of amides is 1. The summed E-state index contributed by atoms with van der Waals surface area (Å²) in [5, 5.41) is 4.07. The maximum atomic E-state index is 13.1. The molecule has 0 N–H and O–H groups in total. The van der Waals surface area contributed by atoms with Crippen LogP contribution in [0.4, 0.5) is 0 Å². The molecule has 2 aliphatic heterocycles. The highest BCUT2D eigenvalue weighted by Gasteiger charge is 2.29. The average Bonchev–Trinajstić information content (AvgIpc) is 3.47. The summed E-state index contributed by atoms with van der Waals surface area (Å²) in [6, 6.07) is 2.22. The molecule has 0 radical (unpaired) electrons. The van der Waals surface area contributed by atoms with Gasteiger partial charge in [-0.3, -0.25) is 4.79 Å². The number of ether oxygens (including phenoxy) is 1. The number of aromatic nitrogens is 5. The fourth-order valence-electron chi connectivity index (χ4n) is 4.43. The van der Waals surface area contributed by atoms with E-state index in [0.29, 0.717) is 30.6 Å². The molecule has 2 saturated heterocycles. The van der Waals surface area contributed by atoms with Gasteiger partial charge in [0.2, 0.25) is 5.89 Å². The second-order valence-electron chi connectivity index (χ2n) is 8.77. The summed E-state index contributed by atoms with van der Waals surface area (Å²) >= 11 is 0. The monoisotopic (exact) mass is 424 g/mol. The van der Waals surface area contributed by atoms with Gasteiger partial charge in [0.25, 0.3) is 5.91 Å². The van der Waals surface area contributed by atoms with Crippen molar-refractivity contribution >= 4 is 17.1 Å². The second-order valence-corrected chi connectivity index (χ2v) is 8.77. The number of pyridine rings is 1. The lowest BCUT2D eigenvalue weighted by molar-refractivity contribution is 0.0704. The van der Waals surface area contributed by atoms with Crippen molar-refractivity contribution in [1.29, 1.82) is 0 Å². The third-order valence-corrected chi connectivity index (χ3v) is 6.35. The van der Waals surface area contributed by atoms with Gasteiger partial charge in [-0.2, -0.15) is 4.98 Å². The predicted molar refractivity (Wildman–Crippen MR) is 113 cm³/mol. The summed E-state index contributed by atoms with van der Waals surface area (Å²) in [7, 11) is 0. The zero-order valence-electron chi connectivity index (χ0n) is 18.0. The van der Waals surface area contributed by atoms with Gasteiger partial charge < -0.3 is 18.7 Å². The van der Waals surface area contributed by atoms with Gasteiger partial charge in [0.15, 0.2) is 11.5 Å². The van der Waals surface area contributed by atoms with Crippen molar-refractivity contribution in [2.24, 2.45) is 0 Å². The number of piperidine rings is 1. The maximum absolute atomic E-state index is 13.1. The predicted octanol–water partition coefficient (Wildman–Crippen LogP) is 3.31. The van der Waals surface area contributed by atoms with Crippen molar-refractivity contribution in [3.05, 3.63) is 35.9 Å². The van der Waals surface area contributed by atoms with Crippen molar-refractivity contribution < 1.29 is 14.1 Å². The van der Waals surface area contributed by atoms with E-state index in [1.54, 1.807) is 6.20 Å². The second kappa shape index (κ2) is 8.37. The van der Waals surface area contributed by atoms with Gasteiger partial charge in [-0.05, 0) is 31.7 Å². The molecule has 2 fully saturated rings. The van der Waals surface area contributed by atoms with Crippen molar-refractivity contribution in [1.82, 2.24) is 29.6 Å². The Bertz CT molecular complexity index is 1060. The van der Waals surface area contributed by atoms with E-state index in [1.165, 1.54) is 0 Å². The molecule has 0 aromatic carbocycles. The number of hydrogen-bond acceptors (Lipinski definition) is 7. The Morgan fingerprint density at radius 2 is 1.90 bits per heavy atom. The molecule has 164 valence electrons. The number of carbonyl (C=O) groups excluding carboxylic acids is 1. The lowest BCUT2D eigenvalue weighted by Gasteiger charge is -2.30. The summed E-state index contributed by atoms with van der Waals surface area (Å²) in [4.78, 5) is 28.6. The van der Waals surface area contributed by atoms with E-state index in [9.17, 15) is 4.79 Å². The minimum absolute atomic E-state index is 0.00173.